The van der Waals surface area contributed by atoms with Crippen LogP contribution in [0.5, 0.6) is 0 Å². The molecule has 1 aliphatic rings. The second-order valence-corrected chi connectivity index (χ2v) is 5.87. The van der Waals surface area contributed by atoms with Crippen LogP contribution in [-0.4, -0.2) is 27.3 Å². The lowest BCUT2D eigenvalue weighted by molar-refractivity contribution is 0.0679. The number of para-hydroxylation sites is 3. The van der Waals surface area contributed by atoms with Gasteiger partial charge in [-0.25, -0.2) is 4.98 Å². The number of nitrogens with zero attached hydrogens (tertiary/aromatic N) is 3. The molecule has 0 aliphatic carbocycles. The third-order valence-corrected chi connectivity index (χ3v) is 4.23. The molecule has 5 heteroatoms. The molecule has 24 heavy (non-hydrogen) atoms. The number of amides is 1. The van der Waals surface area contributed by atoms with Crippen molar-refractivity contribution in [2.75, 3.05) is 11.9 Å². The highest BCUT2D eigenvalue weighted by Crippen LogP contribution is 2.32. The Balaban J connectivity index is 1.80. The Hall–Kier alpha value is -2.95. The molecule has 0 spiro atoms. The SMILES string of the molecule is CCCN1C(=O)c2ccccc2N[C@H]1c1cnc2ccccc2n1. The van der Waals surface area contributed by atoms with Gasteiger partial charge in [0.25, 0.3) is 5.91 Å². The van der Waals surface area contributed by atoms with E-state index in [-0.39, 0.29) is 12.1 Å². The van der Waals surface area contributed by atoms with E-state index in [4.69, 9.17) is 4.98 Å². The molecule has 1 atom stereocenters. The molecule has 3 aromatic rings. The number of aromatic nitrogens is 2. The average Bonchev–Trinajstić information content (AvgIpc) is 2.63. The van der Waals surface area contributed by atoms with Gasteiger partial charge in [-0.05, 0) is 30.7 Å². The minimum atomic E-state index is -0.301. The van der Waals surface area contributed by atoms with Crippen LogP contribution < -0.4 is 5.32 Å². The van der Waals surface area contributed by atoms with Crippen LogP contribution in [0.3, 0.4) is 0 Å². The molecule has 0 fully saturated rings. The van der Waals surface area contributed by atoms with Crippen molar-refractivity contribution >= 4 is 22.6 Å². The number of benzene rings is 2. The van der Waals surface area contributed by atoms with E-state index < -0.39 is 0 Å². The fourth-order valence-corrected chi connectivity index (χ4v) is 3.10. The minimum Gasteiger partial charge on any atom is -0.359 e. The second-order valence-electron chi connectivity index (χ2n) is 5.87. The zero-order chi connectivity index (χ0) is 16.5. The Kier molecular flexibility index (Phi) is 3.61. The van der Waals surface area contributed by atoms with Crippen LogP contribution >= 0.6 is 0 Å². The van der Waals surface area contributed by atoms with Crippen molar-refractivity contribution in [1.29, 1.82) is 0 Å². The first-order valence-corrected chi connectivity index (χ1v) is 8.16. The van der Waals surface area contributed by atoms with E-state index in [0.717, 1.165) is 28.8 Å². The summed E-state index contributed by atoms with van der Waals surface area (Å²) in [4.78, 5) is 23.9. The Morgan fingerprint density at radius 3 is 2.67 bits per heavy atom. The summed E-state index contributed by atoms with van der Waals surface area (Å²) in [5.74, 6) is 0.0335. The lowest BCUT2D eigenvalue weighted by atomic mass is 10.1. The van der Waals surface area contributed by atoms with Gasteiger partial charge in [0.2, 0.25) is 0 Å². The number of carbonyl (C=O) groups excluding carboxylic acids is 1. The van der Waals surface area contributed by atoms with E-state index in [1.807, 2.05) is 53.4 Å². The Morgan fingerprint density at radius 2 is 1.83 bits per heavy atom. The van der Waals surface area contributed by atoms with Gasteiger partial charge in [-0.2, -0.15) is 0 Å². The highest BCUT2D eigenvalue weighted by Gasteiger charge is 2.33. The second kappa shape index (κ2) is 5.92. The quantitative estimate of drug-likeness (QED) is 0.801. The van der Waals surface area contributed by atoms with Gasteiger partial charge >= 0.3 is 0 Å². The van der Waals surface area contributed by atoms with Crippen LogP contribution in [0.15, 0.2) is 54.7 Å². The third kappa shape index (κ3) is 2.38. The first-order valence-electron chi connectivity index (χ1n) is 8.16. The summed E-state index contributed by atoms with van der Waals surface area (Å²) in [6, 6.07) is 15.4. The fourth-order valence-electron chi connectivity index (χ4n) is 3.10. The van der Waals surface area contributed by atoms with E-state index in [2.05, 4.69) is 17.2 Å². The molecule has 120 valence electrons. The summed E-state index contributed by atoms with van der Waals surface area (Å²) in [5.41, 5.74) is 3.99. The number of hydrogen-bond donors (Lipinski definition) is 1. The highest BCUT2D eigenvalue weighted by molar-refractivity contribution is 6.01. The van der Waals surface area contributed by atoms with E-state index in [9.17, 15) is 4.79 Å². The monoisotopic (exact) mass is 318 g/mol. The standard InChI is InChI=1S/C19H18N4O/c1-2-11-23-18(22-14-8-4-3-7-13(14)19(23)24)17-12-20-15-9-5-6-10-16(15)21-17/h3-10,12,18,22H,2,11H2,1H3/t18-/m1/s1. The van der Waals surface area contributed by atoms with Gasteiger partial charge in [-0.3, -0.25) is 9.78 Å². The van der Waals surface area contributed by atoms with Gasteiger partial charge in [0.15, 0.2) is 0 Å². The molecule has 1 amide bonds. The molecule has 4 rings (SSSR count). The van der Waals surface area contributed by atoms with Crippen molar-refractivity contribution in [3.63, 3.8) is 0 Å². The molecule has 1 aliphatic heterocycles. The predicted octanol–water partition coefficient (Wildman–Crippen LogP) is 3.61. The molecule has 0 saturated carbocycles. The number of hydrogen-bond acceptors (Lipinski definition) is 4. The summed E-state index contributed by atoms with van der Waals surface area (Å²) in [6.45, 7) is 2.73. The maximum Gasteiger partial charge on any atom is 0.257 e. The molecule has 1 aromatic heterocycles. The summed E-state index contributed by atoms with van der Waals surface area (Å²) in [5, 5.41) is 3.45. The zero-order valence-corrected chi connectivity index (χ0v) is 13.4. The normalized spacial score (nSPS) is 16.8. The van der Waals surface area contributed by atoms with E-state index in [0.29, 0.717) is 12.1 Å². The van der Waals surface area contributed by atoms with Gasteiger partial charge in [-0.1, -0.05) is 31.2 Å². The first-order chi connectivity index (χ1) is 11.8. The van der Waals surface area contributed by atoms with Crippen LogP contribution in [0.4, 0.5) is 5.69 Å². The van der Waals surface area contributed by atoms with Crippen molar-refractivity contribution in [1.82, 2.24) is 14.9 Å². The van der Waals surface area contributed by atoms with Crippen LogP contribution in [0.1, 0.15) is 35.6 Å². The molecule has 5 nitrogen and oxygen atoms in total. The molecule has 0 saturated heterocycles. The maximum atomic E-state index is 12.9. The van der Waals surface area contributed by atoms with E-state index in [1.54, 1.807) is 6.20 Å². The van der Waals surface area contributed by atoms with Crippen molar-refractivity contribution < 1.29 is 4.79 Å². The third-order valence-electron chi connectivity index (χ3n) is 4.23. The Morgan fingerprint density at radius 1 is 1.08 bits per heavy atom. The first kappa shape index (κ1) is 14.6. The molecule has 2 aromatic carbocycles. The van der Waals surface area contributed by atoms with E-state index >= 15 is 0 Å². The summed E-state index contributed by atoms with van der Waals surface area (Å²) in [7, 11) is 0. The van der Waals surface area contributed by atoms with Crippen LogP contribution in [0.2, 0.25) is 0 Å². The van der Waals surface area contributed by atoms with Crippen LogP contribution in [0, 0.1) is 0 Å². The fraction of sp³-hybridized carbons (Fsp3) is 0.211. The molecule has 0 bridgehead atoms. The number of carbonyl (C=O) groups is 1. The molecular weight excluding hydrogens is 300 g/mol. The number of anilines is 1. The number of rotatable bonds is 3. The van der Waals surface area contributed by atoms with E-state index in [1.165, 1.54) is 0 Å². The molecule has 1 N–H and O–H groups in total. The molecule has 0 radical (unpaired) electrons. The highest BCUT2D eigenvalue weighted by atomic mass is 16.2. The molecule has 2 heterocycles. The van der Waals surface area contributed by atoms with Gasteiger partial charge in [0.05, 0.1) is 22.8 Å². The Labute approximate surface area is 140 Å². The topological polar surface area (TPSA) is 58.1 Å². The summed E-state index contributed by atoms with van der Waals surface area (Å²) >= 11 is 0. The Bertz CT molecular complexity index is 909. The molecular formula is C19H18N4O. The minimum absolute atomic E-state index is 0.0335. The van der Waals surface area contributed by atoms with Crippen molar-refractivity contribution in [2.45, 2.75) is 19.5 Å². The maximum absolute atomic E-state index is 12.9. The van der Waals surface area contributed by atoms with Crippen LogP contribution in [-0.2, 0) is 0 Å². The van der Waals surface area contributed by atoms with Gasteiger partial charge in [0, 0.05) is 12.2 Å². The van der Waals surface area contributed by atoms with Crippen LogP contribution in [0.25, 0.3) is 11.0 Å². The van der Waals surface area contributed by atoms with Crippen molar-refractivity contribution in [3.8, 4) is 0 Å². The lowest BCUT2D eigenvalue weighted by Crippen LogP contribution is -2.43. The molecule has 0 unspecified atom stereocenters. The van der Waals surface area contributed by atoms with Crippen molar-refractivity contribution in [2.24, 2.45) is 0 Å². The summed E-state index contributed by atoms with van der Waals surface area (Å²) in [6.07, 6.45) is 2.33. The smallest absolute Gasteiger partial charge is 0.257 e. The average molecular weight is 318 g/mol. The summed E-state index contributed by atoms with van der Waals surface area (Å²) < 4.78 is 0. The van der Waals surface area contributed by atoms with Crippen molar-refractivity contribution in [3.05, 3.63) is 66.0 Å². The largest absolute Gasteiger partial charge is 0.359 e. The van der Waals surface area contributed by atoms with Gasteiger partial charge < -0.3 is 10.2 Å². The number of fused-ring (bicyclic) bond motifs is 2. The predicted molar refractivity (Wildman–Crippen MR) is 93.7 cm³/mol. The van der Waals surface area contributed by atoms with Gasteiger partial charge in [-0.15, -0.1) is 0 Å². The lowest BCUT2D eigenvalue weighted by Gasteiger charge is -2.37. The number of nitrogens with one attached hydrogen (secondary N) is 1. The van der Waals surface area contributed by atoms with Gasteiger partial charge in [0.1, 0.15) is 11.9 Å². The zero-order valence-electron chi connectivity index (χ0n) is 13.4.